The summed E-state index contributed by atoms with van der Waals surface area (Å²) in [5.41, 5.74) is 2.26. The number of thioether (sulfide) groups is 1. The first-order chi connectivity index (χ1) is 10.4. The summed E-state index contributed by atoms with van der Waals surface area (Å²) in [6, 6.07) is 10.3. The first-order valence-electron chi connectivity index (χ1n) is 6.70. The van der Waals surface area contributed by atoms with Gasteiger partial charge in [0.05, 0.1) is 12.1 Å². The van der Waals surface area contributed by atoms with Crippen molar-refractivity contribution < 1.29 is 4.74 Å². The largest absolute Gasteiger partial charge is 0.383 e. The monoisotopic (exact) mass is 300 g/mol. The molecule has 0 bridgehead atoms. The van der Waals surface area contributed by atoms with E-state index < -0.39 is 0 Å². The summed E-state index contributed by atoms with van der Waals surface area (Å²) in [7, 11) is 1.69. The molecule has 0 fully saturated rings. The molecule has 6 heteroatoms. The van der Waals surface area contributed by atoms with Crippen LogP contribution in [0.15, 0.2) is 48.0 Å². The second-order valence-electron chi connectivity index (χ2n) is 4.58. The van der Waals surface area contributed by atoms with Crippen molar-refractivity contribution in [1.29, 1.82) is 0 Å². The highest BCUT2D eigenvalue weighted by molar-refractivity contribution is 7.98. The lowest BCUT2D eigenvalue weighted by molar-refractivity contribution is 0.184. The van der Waals surface area contributed by atoms with Crippen LogP contribution in [0.1, 0.15) is 5.56 Å². The fraction of sp³-hybridized carbons (Fsp3) is 0.267. The van der Waals surface area contributed by atoms with Gasteiger partial charge in [-0.25, -0.2) is 0 Å². The second-order valence-corrected chi connectivity index (χ2v) is 5.52. The lowest BCUT2D eigenvalue weighted by atomic mass is 10.1. The molecule has 0 aliphatic carbocycles. The minimum atomic E-state index is 0.654. The highest BCUT2D eigenvalue weighted by atomic mass is 32.2. The molecule has 0 N–H and O–H groups in total. The Hall–Kier alpha value is -1.92. The molecule has 0 atom stereocenters. The fourth-order valence-electron chi connectivity index (χ4n) is 2.13. The highest BCUT2D eigenvalue weighted by Gasteiger charge is 2.07. The van der Waals surface area contributed by atoms with E-state index in [1.165, 1.54) is 5.56 Å². The summed E-state index contributed by atoms with van der Waals surface area (Å²) < 4.78 is 7.10. The van der Waals surface area contributed by atoms with Crippen LogP contribution in [0.25, 0.3) is 10.9 Å². The van der Waals surface area contributed by atoms with Crippen LogP contribution < -0.4 is 0 Å². The van der Waals surface area contributed by atoms with Crippen molar-refractivity contribution in [2.24, 2.45) is 0 Å². The van der Waals surface area contributed by atoms with Crippen LogP contribution in [0.4, 0.5) is 0 Å². The molecule has 2 aromatic heterocycles. The number of benzene rings is 1. The van der Waals surface area contributed by atoms with Gasteiger partial charge >= 0.3 is 0 Å². The summed E-state index contributed by atoms with van der Waals surface area (Å²) in [6.45, 7) is 1.42. The van der Waals surface area contributed by atoms with Crippen molar-refractivity contribution in [3.63, 3.8) is 0 Å². The van der Waals surface area contributed by atoms with E-state index in [2.05, 4.69) is 39.4 Å². The van der Waals surface area contributed by atoms with E-state index in [0.717, 1.165) is 28.4 Å². The summed E-state index contributed by atoms with van der Waals surface area (Å²) in [5, 5.41) is 10.2. The van der Waals surface area contributed by atoms with Crippen molar-refractivity contribution in [3.8, 4) is 0 Å². The summed E-state index contributed by atoms with van der Waals surface area (Å²) in [6.07, 6.45) is 3.57. The number of fused-ring (bicyclic) bond motifs is 1. The molecule has 3 rings (SSSR count). The topological polar surface area (TPSA) is 52.8 Å². The number of pyridine rings is 1. The Labute approximate surface area is 127 Å². The Morgan fingerprint density at radius 2 is 2.14 bits per heavy atom. The third-order valence-electron chi connectivity index (χ3n) is 3.19. The number of nitrogens with zero attached hydrogens (tertiary/aromatic N) is 4. The number of hydrogen-bond donors (Lipinski definition) is 0. The van der Waals surface area contributed by atoms with Crippen LogP contribution in [-0.4, -0.2) is 33.5 Å². The molecule has 2 heterocycles. The molecule has 0 radical (unpaired) electrons. The molecule has 108 valence electrons. The van der Waals surface area contributed by atoms with Crippen LogP contribution in [0.5, 0.6) is 0 Å². The van der Waals surface area contributed by atoms with Crippen LogP contribution in [0.2, 0.25) is 0 Å². The zero-order valence-electron chi connectivity index (χ0n) is 11.8. The molecule has 1 aromatic carbocycles. The number of aromatic nitrogens is 4. The van der Waals surface area contributed by atoms with Crippen LogP contribution in [0.3, 0.4) is 0 Å². The minimum absolute atomic E-state index is 0.654. The first kappa shape index (κ1) is 14.0. The maximum absolute atomic E-state index is 5.09. The van der Waals surface area contributed by atoms with E-state index in [1.807, 2.05) is 16.8 Å². The Kier molecular flexibility index (Phi) is 4.47. The van der Waals surface area contributed by atoms with Gasteiger partial charge in [-0.05, 0) is 11.6 Å². The van der Waals surface area contributed by atoms with Crippen molar-refractivity contribution in [2.45, 2.75) is 17.5 Å². The molecular formula is C15H16N4OS. The Bertz CT molecular complexity index is 723. The normalized spacial score (nSPS) is 11.1. The predicted molar refractivity (Wildman–Crippen MR) is 83.2 cm³/mol. The van der Waals surface area contributed by atoms with E-state index in [0.29, 0.717) is 6.61 Å². The molecule has 21 heavy (non-hydrogen) atoms. The quantitative estimate of drug-likeness (QED) is 0.655. The average molecular weight is 300 g/mol. The van der Waals surface area contributed by atoms with Crippen molar-refractivity contribution in [3.05, 3.63) is 48.4 Å². The van der Waals surface area contributed by atoms with Gasteiger partial charge in [-0.2, -0.15) is 0 Å². The number of hydrogen-bond acceptors (Lipinski definition) is 5. The molecular weight excluding hydrogens is 284 g/mol. The van der Waals surface area contributed by atoms with Crippen molar-refractivity contribution in [1.82, 2.24) is 19.7 Å². The summed E-state index contributed by atoms with van der Waals surface area (Å²) in [5.74, 6) is 0.819. The van der Waals surface area contributed by atoms with Gasteiger partial charge in [-0.1, -0.05) is 36.0 Å². The van der Waals surface area contributed by atoms with E-state index in [-0.39, 0.29) is 0 Å². The predicted octanol–water partition coefficient (Wildman–Crippen LogP) is 2.77. The van der Waals surface area contributed by atoms with Crippen molar-refractivity contribution >= 4 is 22.7 Å². The third kappa shape index (κ3) is 3.22. The van der Waals surface area contributed by atoms with E-state index in [1.54, 1.807) is 25.2 Å². The molecule has 0 amide bonds. The maximum Gasteiger partial charge on any atom is 0.191 e. The molecule has 0 saturated carbocycles. The zero-order valence-corrected chi connectivity index (χ0v) is 12.6. The Balaban J connectivity index is 1.76. The lowest BCUT2D eigenvalue weighted by Crippen LogP contribution is -2.04. The standard InChI is InChI=1S/C15H16N4OS/c1-20-9-8-19-11-17-18-15(19)21-10-13-5-2-4-12-6-3-7-16-14(12)13/h2-7,11H,8-10H2,1H3. The fourth-order valence-corrected chi connectivity index (χ4v) is 3.05. The molecule has 0 aliphatic heterocycles. The van der Waals surface area contributed by atoms with E-state index in [9.17, 15) is 0 Å². The zero-order chi connectivity index (χ0) is 14.5. The molecule has 0 unspecified atom stereocenters. The molecule has 0 saturated heterocycles. The van der Waals surface area contributed by atoms with Gasteiger partial charge in [-0.15, -0.1) is 10.2 Å². The van der Waals surface area contributed by atoms with E-state index in [4.69, 9.17) is 4.74 Å². The van der Waals surface area contributed by atoms with Crippen LogP contribution in [-0.2, 0) is 17.0 Å². The Morgan fingerprint density at radius 3 is 3.05 bits per heavy atom. The summed E-state index contributed by atoms with van der Waals surface area (Å²) in [4.78, 5) is 4.48. The van der Waals surface area contributed by atoms with Gasteiger partial charge in [0.25, 0.3) is 0 Å². The molecule has 0 spiro atoms. The molecule has 3 aromatic rings. The maximum atomic E-state index is 5.09. The van der Waals surface area contributed by atoms with Gasteiger partial charge in [0.15, 0.2) is 5.16 Å². The average Bonchev–Trinajstić information content (AvgIpc) is 2.98. The number of methoxy groups -OCH3 is 1. The smallest absolute Gasteiger partial charge is 0.191 e. The number of para-hydroxylation sites is 1. The van der Waals surface area contributed by atoms with Crippen LogP contribution >= 0.6 is 11.8 Å². The molecule has 0 aliphatic rings. The van der Waals surface area contributed by atoms with E-state index >= 15 is 0 Å². The van der Waals surface area contributed by atoms with Gasteiger partial charge in [-0.3, -0.25) is 4.98 Å². The second kappa shape index (κ2) is 6.69. The third-order valence-corrected chi connectivity index (χ3v) is 4.22. The first-order valence-corrected chi connectivity index (χ1v) is 7.69. The number of ether oxygens (including phenoxy) is 1. The molecule has 5 nitrogen and oxygen atoms in total. The minimum Gasteiger partial charge on any atom is -0.383 e. The highest BCUT2D eigenvalue weighted by Crippen LogP contribution is 2.24. The van der Waals surface area contributed by atoms with Gasteiger partial charge in [0.2, 0.25) is 0 Å². The van der Waals surface area contributed by atoms with Gasteiger partial charge < -0.3 is 9.30 Å². The van der Waals surface area contributed by atoms with Crippen molar-refractivity contribution in [2.75, 3.05) is 13.7 Å². The Morgan fingerprint density at radius 1 is 1.24 bits per heavy atom. The van der Waals surface area contributed by atoms with Gasteiger partial charge in [0, 0.05) is 31.0 Å². The summed E-state index contributed by atoms with van der Waals surface area (Å²) >= 11 is 1.67. The van der Waals surface area contributed by atoms with Gasteiger partial charge in [0.1, 0.15) is 6.33 Å². The SMILES string of the molecule is COCCn1cnnc1SCc1cccc2cccnc12. The van der Waals surface area contributed by atoms with Crippen LogP contribution in [0, 0.1) is 0 Å². The number of rotatable bonds is 6. The lowest BCUT2D eigenvalue weighted by Gasteiger charge is -2.07.